The minimum absolute atomic E-state index is 0.156. The molecule has 2 aromatic carbocycles. The van der Waals surface area contributed by atoms with E-state index in [0.29, 0.717) is 41.6 Å². The molecule has 28 heavy (non-hydrogen) atoms. The Kier molecular flexibility index (Phi) is 7.28. The lowest BCUT2D eigenvalue weighted by Gasteiger charge is -2.12. The van der Waals surface area contributed by atoms with Crippen LogP contribution in [0.15, 0.2) is 48.5 Å². The van der Waals surface area contributed by atoms with Gasteiger partial charge >= 0.3 is 0 Å². The van der Waals surface area contributed by atoms with Crippen molar-refractivity contribution in [3.05, 3.63) is 64.7 Å². The molecule has 6 nitrogen and oxygen atoms in total. The molecule has 148 valence electrons. The highest BCUT2D eigenvalue weighted by atomic mass is 35.5. The van der Waals surface area contributed by atoms with Gasteiger partial charge in [-0.05, 0) is 49.2 Å². The number of hydrogen-bond donors (Lipinski definition) is 2. The highest BCUT2D eigenvalue weighted by Gasteiger charge is 2.16. The third kappa shape index (κ3) is 5.71. The number of rotatable bonds is 8. The first-order valence-electron chi connectivity index (χ1n) is 9.29. The van der Waals surface area contributed by atoms with E-state index in [0.717, 1.165) is 19.4 Å². The molecule has 0 saturated carbocycles. The summed E-state index contributed by atoms with van der Waals surface area (Å²) in [6, 6.07) is 13.8. The molecule has 2 N–H and O–H groups in total. The summed E-state index contributed by atoms with van der Waals surface area (Å²) in [4.78, 5) is 24.2. The maximum absolute atomic E-state index is 12.2. The second-order valence-corrected chi connectivity index (χ2v) is 6.87. The van der Waals surface area contributed by atoms with Crippen LogP contribution in [-0.4, -0.2) is 44.2 Å². The van der Waals surface area contributed by atoms with E-state index in [9.17, 15) is 9.59 Å². The van der Waals surface area contributed by atoms with Crippen LogP contribution in [-0.2, 0) is 4.74 Å². The summed E-state index contributed by atoms with van der Waals surface area (Å²) < 4.78 is 11.2. The molecule has 3 rings (SSSR count). The molecule has 2 amide bonds. The molecular weight excluding hydrogens is 380 g/mol. The average Bonchev–Trinajstić information content (AvgIpc) is 3.24. The van der Waals surface area contributed by atoms with Crippen LogP contribution in [0.3, 0.4) is 0 Å². The maximum atomic E-state index is 12.2. The lowest BCUT2D eigenvalue weighted by Crippen LogP contribution is -2.34. The SMILES string of the molecule is O=C(NCCNC(=O)c1ccccc1Cl)c1ccc(OCC2CCCO2)cc1. The van der Waals surface area contributed by atoms with E-state index >= 15 is 0 Å². The predicted molar refractivity (Wildman–Crippen MR) is 107 cm³/mol. The largest absolute Gasteiger partial charge is 0.491 e. The van der Waals surface area contributed by atoms with E-state index in [1.807, 2.05) is 0 Å². The summed E-state index contributed by atoms with van der Waals surface area (Å²) in [5.74, 6) is 0.226. The Hall–Kier alpha value is -2.57. The van der Waals surface area contributed by atoms with E-state index in [1.54, 1.807) is 48.5 Å². The Morgan fingerprint density at radius 1 is 1.04 bits per heavy atom. The monoisotopic (exact) mass is 402 g/mol. The van der Waals surface area contributed by atoms with Gasteiger partial charge in [-0.15, -0.1) is 0 Å². The number of ether oxygens (including phenoxy) is 2. The van der Waals surface area contributed by atoms with Crippen molar-refractivity contribution in [2.45, 2.75) is 18.9 Å². The standard InChI is InChI=1S/C21H23ClN2O4/c22-19-6-2-1-5-18(19)21(26)24-12-11-23-20(25)15-7-9-16(10-8-15)28-14-17-4-3-13-27-17/h1-2,5-10,17H,3-4,11-14H2,(H,23,25)(H,24,26). The van der Waals surface area contributed by atoms with Gasteiger partial charge in [0, 0.05) is 25.3 Å². The first-order chi connectivity index (χ1) is 13.6. The van der Waals surface area contributed by atoms with Gasteiger partial charge in [0.25, 0.3) is 11.8 Å². The van der Waals surface area contributed by atoms with Crippen LogP contribution in [0.25, 0.3) is 0 Å². The number of carbonyl (C=O) groups is 2. The third-order valence-electron chi connectivity index (χ3n) is 4.39. The minimum Gasteiger partial charge on any atom is -0.491 e. The fraction of sp³-hybridized carbons (Fsp3) is 0.333. The normalized spacial score (nSPS) is 15.8. The molecule has 1 aliphatic heterocycles. The summed E-state index contributed by atoms with van der Waals surface area (Å²) in [5, 5.41) is 5.89. The van der Waals surface area contributed by atoms with E-state index in [4.69, 9.17) is 21.1 Å². The van der Waals surface area contributed by atoms with Gasteiger partial charge in [0.1, 0.15) is 12.4 Å². The summed E-state index contributed by atoms with van der Waals surface area (Å²) in [5.41, 5.74) is 0.941. The maximum Gasteiger partial charge on any atom is 0.252 e. The van der Waals surface area contributed by atoms with Crippen LogP contribution in [0.1, 0.15) is 33.6 Å². The van der Waals surface area contributed by atoms with Crippen molar-refractivity contribution in [2.24, 2.45) is 0 Å². The van der Waals surface area contributed by atoms with Gasteiger partial charge in [0.15, 0.2) is 0 Å². The molecule has 0 aliphatic carbocycles. The van der Waals surface area contributed by atoms with Crippen molar-refractivity contribution in [3.63, 3.8) is 0 Å². The smallest absolute Gasteiger partial charge is 0.252 e. The van der Waals surface area contributed by atoms with Gasteiger partial charge < -0.3 is 20.1 Å². The summed E-state index contributed by atoms with van der Waals surface area (Å²) in [6.45, 7) is 1.94. The van der Waals surface area contributed by atoms with Gasteiger partial charge in [-0.3, -0.25) is 9.59 Å². The Morgan fingerprint density at radius 3 is 2.43 bits per heavy atom. The molecule has 1 heterocycles. The van der Waals surface area contributed by atoms with Crippen molar-refractivity contribution >= 4 is 23.4 Å². The zero-order valence-corrected chi connectivity index (χ0v) is 16.2. The first kappa shape index (κ1) is 20.2. The molecule has 1 aliphatic rings. The van der Waals surface area contributed by atoms with Crippen LogP contribution >= 0.6 is 11.6 Å². The molecule has 1 fully saturated rings. The van der Waals surface area contributed by atoms with Crippen molar-refractivity contribution in [3.8, 4) is 5.75 Å². The van der Waals surface area contributed by atoms with Crippen LogP contribution in [0.5, 0.6) is 5.75 Å². The van der Waals surface area contributed by atoms with Crippen LogP contribution in [0.4, 0.5) is 0 Å². The molecule has 0 aromatic heterocycles. The van der Waals surface area contributed by atoms with Gasteiger partial charge in [-0.25, -0.2) is 0 Å². The van der Waals surface area contributed by atoms with Gasteiger partial charge in [0.05, 0.1) is 16.7 Å². The van der Waals surface area contributed by atoms with E-state index < -0.39 is 0 Å². The quantitative estimate of drug-likeness (QED) is 0.665. The zero-order valence-electron chi connectivity index (χ0n) is 15.4. The van der Waals surface area contributed by atoms with Crippen molar-refractivity contribution in [2.75, 3.05) is 26.3 Å². The van der Waals surface area contributed by atoms with Crippen LogP contribution in [0, 0.1) is 0 Å². The fourth-order valence-corrected chi connectivity index (χ4v) is 3.08. The molecule has 1 unspecified atom stereocenters. The Bertz CT molecular complexity index is 804. The summed E-state index contributed by atoms with van der Waals surface area (Å²) >= 11 is 5.99. The number of halogens is 1. The average molecular weight is 403 g/mol. The van der Waals surface area contributed by atoms with Crippen LogP contribution in [0.2, 0.25) is 5.02 Å². The Labute approximate surface area is 169 Å². The van der Waals surface area contributed by atoms with E-state index in [1.165, 1.54) is 0 Å². The second-order valence-electron chi connectivity index (χ2n) is 6.46. The molecule has 1 atom stereocenters. The highest BCUT2D eigenvalue weighted by molar-refractivity contribution is 6.33. The summed E-state index contributed by atoms with van der Waals surface area (Å²) in [7, 11) is 0. The van der Waals surface area contributed by atoms with Gasteiger partial charge in [-0.1, -0.05) is 23.7 Å². The predicted octanol–water partition coefficient (Wildman–Crippen LogP) is 3.06. The molecule has 7 heteroatoms. The molecule has 0 spiro atoms. The summed E-state index contributed by atoms with van der Waals surface area (Å²) in [6.07, 6.45) is 2.25. The first-order valence-corrected chi connectivity index (χ1v) is 9.66. The highest BCUT2D eigenvalue weighted by Crippen LogP contribution is 2.17. The lowest BCUT2D eigenvalue weighted by molar-refractivity contribution is 0.0679. The van der Waals surface area contributed by atoms with Crippen molar-refractivity contribution in [1.82, 2.24) is 10.6 Å². The Morgan fingerprint density at radius 2 is 1.75 bits per heavy atom. The number of amides is 2. The number of benzene rings is 2. The molecular formula is C21H23ClN2O4. The van der Waals surface area contributed by atoms with E-state index in [2.05, 4.69) is 10.6 Å². The molecule has 0 bridgehead atoms. The number of carbonyl (C=O) groups excluding carboxylic acids is 2. The van der Waals surface area contributed by atoms with Gasteiger partial charge in [-0.2, -0.15) is 0 Å². The Balaban J connectivity index is 1.38. The van der Waals surface area contributed by atoms with Gasteiger partial charge in [0.2, 0.25) is 0 Å². The molecule has 0 radical (unpaired) electrons. The van der Waals surface area contributed by atoms with Crippen molar-refractivity contribution < 1.29 is 19.1 Å². The number of hydrogen-bond acceptors (Lipinski definition) is 4. The molecule has 1 saturated heterocycles. The third-order valence-corrected chi connectivity index (χ3v) is 4.72. The minimum atomic E-state index is -0.271. The zero-order chi connectivity index (χ0) is 19.8. The van der Waals surface area contributed by atoms with E-state index in [-0.39, 0.29) is 17.9 Å². The van der Waals surface area contributed by atoms with Crippen LogP contribution < -0.4 is 15.4 Å². The lowest BCUT2D eigenvalue weighted by atomic mass is 10.2. The molecule has 2 aromatic rings. The fourth-order valence-electron chi connectivity index (χ4n) is 2.86. The number of nitrogens with one attached hydrogen (secondary N) is 2. The topological polar surface area (TPSA) is 76.7 Å². The second kappa shape index (κ2) is 10.1. The van der Waals surface area contributed by atoms with Crippen molar-refractivity contribution in [1.29, 1.82) is 0 Å².